The van der Waals surface area contributed by atoms with E-state index in [1.165, 1.54) is 25.7 Å². The van der Waals surface area contributed by atoms with Crippen molar-refractivity contribution in [3.63, 3.8) is 0 Å². The molecule has 1 unspecified atom stereocenters. The van der Waals surface area contributed by atoms with E-state index in [-0.39, 0.29) is 17.9 Å². The monoisotopic (exact) mass is 479 g/mol. The van der Waals surface area contributed by atoms with Gasteiger partial charge in [-0.1, -0.05) is 19.4 Å². The van der Waals surface area contributed by atoms with Crippen molar-refractivity contribution in [2.75, 3.05) is 30.4 Å². The van der Waals surface area contributed by atoms with Crippen LogP contribution in [0.4, 0.5) is 11.4 Å². The normalized spacial score (nSPS) is 16.7. The first-order valence-corrected chi connectivity index (χ1v) is 12.9. The lowest BCUT2D eigenvalue weighted by Crippen LogP contribution is -2.43. The molecule has 2 aliphatic rings. The number of rotatable bonds is 10. The van der Waals surface area contributed by atoms with Gasteiger partial charge in [0, 0.05) is 30.0 Å². The van der Waals surface area contributed by atoms with Crippen LogP contribution in [-0.4, -0.2) is 44.2 Å². The maximum Gasteiger partial charge on any atom is 0.252 e. The second-order valence-corrected chi connectivity index (χ2v) is 9.44. The summed E-state index contributed by atoms with van der Waals surface area (Å²) in [5, 5.41) is 5.90. The first-order valence-electron chi connectivity index (χ1n) is 12.9. The van der Waals surface area contributed by atoms with Crippen LogP contribution in [-0.2, 0) is 4.79 Å². The minimum atomic E-state index is -0.636. The van der Waals surface area contributed by atoms with Crippen LogP contribution in [0.2, 0.25) is 0 Å². The molecule has 1 heterocycles. The summed E-state index contributed by atoms with van der Waals surface area (Å²) in [4.78, 5) is 28.5. The lowest BCUT2D eigenvalue weighted by molar-refractivity contribution is -0.118. The molecule has 1 aliphatic carbocycles. The number of hydrogen-bond donors (Lipinski definition) is 2. The van der Waals surface area contributed by atoms with E-state index in [1.54, 1.807) is 25.3 Å². The molecule has 1 saturated carbocycles. The van der Waals surface area contributed by atoms with E-state index in [2.05, 4.69) is 21.6 Å². The number of benzene rings is 2. The van der Waals surface area contributed by atoms with Crippen LogP contribution in [0.15, 0.2) is 42.5 Å². The molecular formula is C28H37N3O4. The van der Waals surface area contributed by atoms with Gasteiger partial charge in [0.1, 0.15) is 6.04 Å². The number of amides is 2. The number of ether oxygens (including phenoxy) is 2. The molecule has 35 heavy (non-hydrogen) atoms. The van der Waals surface area contributed by atoms with Crippen molar-refractivity contribution >= 4 is 23.2 Å². The van der Waals surface area contributed by atoms with Crippen molar-refractivity contribution in [2.24, 2.45) is 0 Å². The predicted octanol–water partition coefficient (Wildman–Crippen LogP) is 5.15. The van der Waals surface area contributed by atoms with E-state index in [0.717, 1.165) is 43.7 Å². The molecule has 1 aliphatic heterocycles. The summed E-state index contributed by atoms with van der Waals surface area (Å²) in [6.45, 7) is 4.08. The number of carbonyl (C=O) groups is 2. The fraction of sp³-hybridized carbons (Fsp3) is 0.500. The van der Waals surface area contributed by atoms with Gasteiger partial charge in [-0.15, -0.1) is 0 Å². The van der Waals surface area contributed by atoms with Crippen molar-refractivity contribution in [3.8, 4) is 11.5 Å². The zero-order chi connectivity index (χ0) is 24.6. The quantitative estimate of drug-likeness (QED) is 0.492. The van der Waals surface area contributed by atoms with E-state index in [1.807, 2.05) is 25.1 Å². The average molecular weight is 480 g/mol. The first-order chi connectivity index (χ1) is 17.1. The summed E-state index contributed by atoms with van der Waals surface area (Å²) in [6.07, 6.45) is 8.34. The van der Waals surface area contributed by atoms with Crippen LogP contribution < -0.4 is 25.0 Å². The molecule has 0 bridgehead atoms. The fourth-order valence-corrected chi connectivity index (χ4v) is 4.88. The Bertz CT molecular complexity index is 1010. The highest BCUT2D eigenvalue weighted by Gasteiger charge is 2.23. The minimum Gasteiger partial charge on any atom is -0.493 e. The fourth-order valence-electron chi connectivity index (χ4n) is 4.88. The third-order valence-electron chi connectivity index (χ3n) is 6.81. The summed E-state index contributed by atoms with van der Waals surface area (Å²) >= 11 is 0. The number of nitrogens with one attached hydrogen (secondary N) is 2. The number of carbonyl (C=O) groups excluding carboxylic acids is 2. The molecule has 0 aromatic heterocycles. The van der Waals surface area contributed by atoms with Gasteiger partial charge in [-0.3, -0.25) is 9.59 Å². The third-order valence-corrected chi connectivity index (χ3v) is 6.81. The number of nitrogens with zero attached hydrogens (tertiary/aromatic N) is 1. The number of anilines is 2. The zero-order valence-electron chi connectivity index (χ0n) is 20.8. The second kappa shape index (κ2) is 12.0. The third kappa shape index (κ3) is 6.47. The average Bonchev–Trinajstić information content (AvgIpc) is 3.59. The summed E-state index contributed by atoms with van der Waals surface area (Å²) in [5.74, 6) is 0.651. The molecule has 4 rings (SSSR count). The van der Waals surface area contributed by atoms with Gasteiger partial charge >= 0.3 is 0 Å². The SMILES string of the molecule is CCCC(NC(=O)c1ccc(OC2CCCC2)c(OC)c1)C(=O)Nc1cccc(N2CCCC2)c1. The summed E-state index contributed by atoms with van der Waals surface area (Å²) < 4.78 is 11.6. The van der Waals surface area contributed by atoms with Gasteiger partial charge < -0.3 is 25.0 Å². The van der Waals surface area contributed by atoms with Crippen LogP contribution in [0.5, 0.6) is 11.5 Å². The van der Waals surface area contributed by atoms with Crippen molar-refractivity contribution in [2.45, 2.75) is 70.4 Å². The summed E-state index contributed by atoms with van der Waals surface area (Å²) in [7, 11) is 1.57. The van der Waals surface area contributed by atoms with E-state index in [0.29, 0.717) is 23.5 Å². The van der Waals surface area contributed by atoms with Gasteiger partial charge in [0.15, 0.2) is 11.5 Å². The summed E-state index contributed by atoms with van der Waals surface area (Å²) in [6, 6.07) is 12.5. The van der Waals surface area contributed by atoms with E-state index in [9.17, 15) is 9.59 Å². The van der Waals surface area contributed by atoms with E-state index in [4.69, 9.17) is 9.47 Å². The van der Waals surface area contributed by atoms with Crippen LogP contribution >= 0.6 is 0 Å². The molecular weight excluding hydrogens is 442 g/mol. The van der Waals surface area contributed by atoms with Crippen molar-refractivity contribution < 1.29 is 19.1 Å². The largest absolute Gasteiger partial charge is 0.493 e. The standard InChI is InChI=1S/C28H37N3O4/c1-3-9-24(28(33)29-21-10-8-11-22(19-21)31-16-6-7-17-31)30-27(32)20-14-15-25(26(18-20)34-2)35-23-12-4-5-13-23/h8,10-11,14-15,18-19,23-24H,3-7,9,12-13,16-17H2,1-2H3,(H,29,33)(H,30,32). The molecule has 2 N–H and O–H groups in total. The maximum absolute atomic E-state index is 13.1. The van der Waals surface area contributed by atoms with Crippen LogP contribution in [0.1, 0.15) is 68.6 Å². The summed E-state index contributed by atoms with van der Waals surface area (Å²) in [5.41, 5.74) is 2.29. The molecule has 7 nitrogen and oxygen atoms in total. The number of methoxy groups -OCH3 is 1. The van der Waals surface area contributed by atoms with Gasteiger partial charge in [0.25, 0.3) is 5.91 Å². The van der Waals surface area contributed by atoms with Crippen LogP contribution in [0.25, 0.3) is 0 Å². The Morgan fingerprint density at radius 2 is 1.80 bits per heavy atom. The highest BCUT2D eigenvalue weighted by atomic mass is 16.5. The molecule has 1 atom stereocenters. The van der Waals surface area contributed by atoms with Crippen LogP contribution in [0, 0.1) is 0 Å². The number of hydrogen-bond acceptors (Lipinski definition) is 5. The van der Waals surface area contributed by atoms with E-state index < -0.39 is 6.04 Å². The smallest absolute Gasteiger partial charge is 0.252 e. The molecule has 2 aromatic carbocycles. The Morgan fingerprint density at radius 3 is 2.51 bits per heavy atom. The predicted molar refractivity (Wildman–Crippen MR) is 139 cm³/mol. The van der Waals surface area contributed by atoms with Crippen LogP contribution in [0.3, 0.4) is 0 Å². The maximum atomic E-state index is 13.1. The van der Waals surface area contributed by atoms with Crippen molar-refractivity contribution in [3.05, 3.63) is 48.0 Å². The first kappa shape index (κ1) is 24.9. The van der Waals surface area contributed by atoms with Gasteiger partial charge in [-0.25, -0.2) is 0 Å². The molecule has 1 saturated heterocycles. The Morgan fingerprint density at radius 1 is 1.03 bits per heavy atom. The molecule has 2 aromatic rings. The van der Waals surface area contributed by atoms with Gasteiger partial charge in [0.2, 0.25) is 5.91 Å². The highest BCUT2D eigenvalue weighted by Crippen LogP contribution is 2.32. The molecule has 7 heteroatoms. The second-order valence-electron chi connectivity index (χ2n) is 9.44. The van der Waals surface area contributed by atoms with Gasteiger partial charge in [-0.2, -0.15) is 0 Å². The highest BCUT2D eigenvalue weighted by molar-refractivity contribution is 6.01. The minimum absolute atomic E-state index is 0.199. The Labute approximate surface area is 208 Å². The van der Waals surface area contributed by atoms with E-state index >= 15 is 0 Å². The Hall–Kier alpha value is -3.22. The lowest BCUT2D eigenvalue weighted by Gasteiger charge is -2.21. The molecule has 2 amide bonds. The molecule has 188 valence electrons. The van der Waals surface area contributed by atoms with Crippen molar-refractivity contribution in [1.82, 2.24) is 5.32 Å². The molecule has 0 radical (unpaired) electrons. The Balaban J connectivity index is 1.41. The topological polar surface area (TPSA) is 79.9 Å². The molecule has 2 fully saturated rings. The molecule has 0 spiro atoms. The lowest BCUT2D eigenvalue weighted by atomic mass is 10.1. The van der Waals surface area contributed by atoms with Crippen molar-refractivity contribution in [1.29, 1.82) is 0 Å². The Kier molecular flexibility index (Phi) is 8.50. The zero-order valence-corrected chi connectivity index (χ0v) is 20.8. The van der Waals surface area contributed by atoms with Gasteiger partial charge in [0.05, 0.1) is 13.2 Å². The van der Waals surface area contributed by atoms with Gasteiger partial charge in [-0.05, 0) is 81.3 Å².